The van der Waals surface area contributed by atoms with Gasteiger partial charge in [-0.25, -0.2) is 9.98 Å². The fourth-order valence-corrected chi connectivity index (χ4v) is 2.24. The predicted molar refractivity (Wildman–Crippen MR) is 84.6 cm³/mol. The van der Waals surface area contributed by atoms with Gasteiger partial charge in [0.2, 0.25) is 0 Å². The molecule has 21 heavy (non-hydrogen) atoms. The third-order valence-electron chi connectivity index (χ3n) is 2.43. The van der Waals surface area contributed by atoms with E-state index in [1.54, 1.807) is 7.05 Å². The molecule has 106 valence electrons. The van der Waals surface area contributed by atoms with Crippen LogP contribution in [-0.2, 0) is 0 Å². The maximum atomic E-state index is 8.66. The normalized spacial score (nSPS) is 10.3. The molecule has 2 aromatic rings. The van der Waals surface area contributed by atoms with E-state index in [1.807, 2.05) is 35.8 Å². The first-order chi connectivity index (χ1) is 10.1. The third kappa shape index (κ3) is 4.02. The number of guanidine groups is 1. The lowest BCUT2D eigenvalue weighted by molar-refractivity contribution is 0.733. The van der Waals surface area contributed by atoms with Crippen LogP contribution >= 0.6 is 11.3 Å². The van der Waals surface area contributed by atoms with Crippen molar-refractivity contribution in [3.63, 3.8) is 0 Å². The van der Waals surface area contributed by atoms with E-state index < -0.39 is 0 Å². The molecule has 1 aromatic carbocycles. The smallest absolute Gasteiger partial charge is 0.192 e. The number of nitrogens with zero attached hydrogens (tertiary/aromatic N) is 4. The zero-order chi connectivity index (χ0) is 15.2. The first kappa shape index (κ1) is 14.5. The summed E-state index contributed by atoms with van der Waals surface area (Å²) < 4.78 is 0. The minimum atomic E-state index is -0.145. The van der Waals surface area contributed by atoms with Crippen molar-refractivity contribution < 1.29 is 0 Å². The molecule has 0 radical (unpaired) electrons. The molecule has 1 heterocycles. The largest absolute Gasteiger partial charge is 0.370 e. The van der Waals surface area contributed by atoms with E-state index in [9.17, 15) is 0 Å². The van der Waals surface area contributed by atoms with E-state index in [0.29, 0.717) is 5.13 Å². The highest BCUT2D eigenvalue weighted by Gasteiger charge is 2.05. The summed E-state index contributed by atoms with van der Waals surface area (Å²) in [5, 5.41) is 20.9. The Hall–Kier alpha value is -2.92. The van der Waals surface area contributed by atoms with Crippen LogP contribution in [0, 0.1) is 16.9 Å². The number of thiazole rings is 1. The summed E-state index contributed by atoms with van der Waals surface area (Å²) in [6, 6.07) is 7.49. The molecule has 4 N–H and O–H groups in total. The summed E-state index contributed by atoms with van der Waals surface area (Å²) in [7, 11) is 1.62. The van der Waals surface area contributed by atoms with Crippen molar-refractivity contribution in [1.82, 2.24) is 9.88 Å². The second-order valence-electron chi connectivity index (χ2n) is 4.08. The minimum absolute atomic E-state index is 0.145. The molecule has 0 saturated heterocycles. The zero-order valence-electron chi connectivity index (χ0n) is 11.2. The minimum Gasteiger partial charge on any atom is -0.370 e. The lowest BCUT2D eigenvalue weighted by atomic mass is 10.1. The van der Waals surface area contributed by atoms with Gasteiger partial charge in [-0.2, -0.15) is 5.26 Å². The number of nitrogens with one attached hydrogen (secondary N) is 2. The van der Waals surface area contributed by atoms with Crippen molar-refractivity contribution in [3.05, 3.63) is 29.6 Å². The van der Waals surface area contributed by atoms with Crippen LogP contribution in [0.1, 0.15) is 0 Å². The van der Waals surface area contributed by atoms with E-state index in [1.165, 1.54) is 22.6 Å². The molecule has 1 aromatic heterocycles. The Labute approximate surface area is 125 Å². The van der Waals surface area contributed by atoms with Gasteiger partial charge in [-0.3, -0.25) is 10.3 Å². The summed E-state index contributed by atoms with van der Waals surface area (Å²) in [5.41, 5.74) is 7.66. The van der Waals surface area contributed by atoms with Gasteiger partial charge in [0.25, 0.3) is 0 Å². The molecule has 0 fully saturated rings. The van der Waals surface area contributed by atoms with Gasteiger partial charge in [0, 0.05) is 18.0 Å². The van der Waals surface area contributed by atoms with Crippen molar-refractivity contribution in [2.45, 2.75) is 0 Å². The van der Waals surface area contributed by atoms with E-state index in [4.69, 9.17) is 16.4 Å². The zero-order valence-corrected chi connectivity index (χ0v) is 12.1. The van der Waals surface area contributed by atoms with Crippen LogP contribution in [-0.4, -0.2) is 29.2 Å². The molecule has 0 aliphatic heterocycles. The van der Waals surface area contributed by atoms with Crippen molar-refractivity contribution in [1.29, 1.82) is 10.7 Å². The van der Waals surface area contributed by atoms with E-state index >= 15 is 0 Å². The average molecular weight is 299 g/mol. The van der Waals surface area contributed by atoms with Gasteiger partial charge in [-0.1, -0.05) is 12.1 Å². The van der Waals surface area contributed by atoms with Crippen LogP contribution in [0.3, 0.4) is 0 Å². The first-order valence-corrected chi connectivity index (χ1v) is 6.80. The third-order valence-corrected chi connectivity index (χ3v) is 3.18. The Kier molecular flexibility index (Phi) is 4.48. The van der Waals surface area contributed by atoms with Gasteiger partial charge in [0.1, 0.15) is 6.34 Å². The van der Waals surface area contributed by atoms with E-state index in [0.717, 1.165) is 16.9 Å². The van der Waals surface area contributed by atoms with Crippen LogP contribution in [0.25, 0.3) is 11.3 Å². The molecule has 8 heteroatoms. The molecular weight excluding hydrogens is 286 g/mol. The first-order valence-electron chi connectivity index (χ1n) is 5.92. The van der Waals surface area contributed by atoms with Crippen LogP contribution in [0.2, 0.25) is 0 Å². The average Bonchev–Trinajstić information content (AvgIpc) is 2.92. The highest BCUT2D eigenvalue weighted by Crippen LogP contribution is 2.27. The quantitative estimate of drug-likeness (QED) is 0.346. The maximum absolute atomic E-state index is 8.66. The Morgan fingerprint density at radius 3 is 3.14 bits per heavy atom. The number of aromatic nitrogens is 1. The number of hydrogen-bond donors (Lipinski definition) is 3. The van der Waals surface area contributed by atoms with Crippen LogP contribution < -0.4 is 11.1 Å². The summed E-state index contributed by atoms with van der Waals surface area (Å²) in [6.07, 6.45) is 3.38. The monoisotopic (exact) mass is 299 g/mol. The van der Waals surface area contributed by atoms with Gasteiger partial charge >= 0.3 is 0 Å². The summed E-state index contributed by atoms with van der Waals surface area (Å²) in [6.45, 7) is 0. The van der Waals surface area contributed by atoms with E-state index in [-0.39, 0.29) is 5.96 Å². The Bertz CT molecular complexity index is 713. The molecular formula is C13H13N7S. The lowest BCUT2D eigenvalue weighted by Gasteiger charge is -2.01. The van der Waals surface area contributed by atoms with Crippen molar-refractivity contribution in [3.8, 4) is 17.5 Å². The van der Waals surface area contributed by atoms with E-state index in [2.05, 4.69) is 15.3 Å². The Morgan fingerprint density at radius 2 is 2.43 bits per heavy atom. The molecule has 0 unspecified atom stereocenters. The van der Waals surface area contributed by atoms with Crippen molar-refractivity contribution >= 4 is 34.5 Å². The van der Waals surface area contributed by atoms with Gasteiger partial charge < -0.3 is 11.1 Å². The molecule has 2 rings (SSSR count). The number of anilines is 1. The maximum Gasteiger partial charge on any atom is 0.192 e. The number of nitriles is 1. The Balaban J connectivity index is 2.21. The second kappa shape index (κ2) is 6.49. The Morgan fingerprint density at radius 1 is 1.62 bits per heavy atom. The fourth-order valence-electron chi connectivity index (χ4n) is 1.50. The van der Waals surface area contributed by atoms with Crippen LogP contribution in [0.5, 0.6) is 0 Å². The summed E-state index contributed by atoms with van der Waals surface area (Å²) in [4.78, 5) is 9.86. The summed E-state index contributed by atoms with van der Waals surface area (Å²) >= 11 is 1.37. The predicted octanol–water partition coefficient (Wildman–Crippen LogP) is 2.19. The molecule has 0 spiro atoms. The van der Waals surface area contributed by atoms with Gasteiger partial charge in [-0.05, 0) is 12.1 Å². The molecule has 0 bridgehead atoms. The molecule has 0 saturated carbocycles. The second-order valence-corrected chi connectivity index (χ2v) is 4.94. The van der Waals surface area contributed by atoms with Crippen LogP contribution in [0.4, 0.5) is 10.8 Å². The van der Waals surface area contributed by atoms with Gasteiger partial charge in [0.05, 0.1) is 11.4 Å². The number of hydrogen-bond acceptors (Lipinski definition) is 5. The number of benzene rings is 1. The standard InChI is InChI=1S/C13H13N7S/c1-20(7-14)8-17-10-4-2-3-9(5-10)11-6-21-13(18-11)19-12(15)16/h2-6,8H,1H3,(H4,15,16,18,19). The molecule has 7 nitrogen and oxygen atoms in total. The molecule has 0 aliphatic carbocycles. The van der Waals surface area contributed by atoms with Gasteiger partial charge in [-0.15, -0.1) is 11.3 Å². The highest BCUT2D eigenvalue weighted by atomic mass is 32.1. The molecule has 0 atom stereocenters. The lowest BCUT2D eigenvalue weighted by Crippen LogP contribution is -2.20. The topological polar surface area (TPSA) is 114 Å². The van der Waals surface area contributed by atoms with Crippen LogP contribution in [0.15, 0.2) is 34.6 Å². The van der Waals surface area contributed by atoms with Crippen molar-refractivity contribution in [2.75, 3.05) is 12.4 Å². The summed E-state index contributed by atoms with van der Waals surface area (Å²) in [5.74, 6) is -0.145. The van der Waals surface area contributed by atoms with Crippen molar-refractivity contribution in [2.24, 2.45) is 10.7 Å². The number of aliphatic imine (C=N–C) groups is 1. The number of nitrogens with two attached hydrogens (primary N) is 1. The highest BCUT2D eigenvalue weighted by molar-refractivity contribution is 7.14. The molecule has 0 aliphatic rings. The molecule has 0 amide bonds. The SMILES string of the molecule is CN(C#N)C=Nc1cccc(-c2csc(NC(=N)N)n2)c1. The number of rotatable bonds is 4. The fraction of sp³-hybridized carbons (Fsp3) is 0.0769. The van der Waals surface area contributed by atoms with Gasteiger partial charge in [0.15, 0.2) is 17.3 Å².